The molecule has 0 radical (unpaired) electrons. The third kappa shape index (κ3) is 4.63. The lowest BCUT2D eigenvalue weighted by Crippen LogP contribution is -2.30. The van der Waals surface area contributed by atoms with Gasteiger partial charge in [0.25, 0.3) is 0 Å². The van der Waals surface area contributed by atoms with E-state index < -0.39 is 18.2 Å². The Balaban J connectivity index is 2.39. The van der Waals surface area contributed by atoms with Crippen molar-refractivity contribution in [3.05, 3.63) is 35.9 Å². The Hall–Kier alpha value is -1.75. The summed E-state index contributed by atoms with van der Waals surface area (Å²) in [5, 5.41) is 0. The van der Waals surface area contributed by atoms with Gasteiger partial charge in [0.15, 0.2) is 0 Å². The molecule has 1 aromatic rings. The second-order valence-corrected chi connectivity index (χ2v) is 3.62. The van der Waals surface area contributed by atoms with Crippen molar-refractivity contribution in [3.63, 3.8) is 0 Å². The lowest BCUT2D eigenvalue weighted by Gasteiger charge is -2.12. The summed E-state index contributed by atoms with van der Waals surface area (Å²) in [6.45, 7) is 0.0653. The Labute approximate surface area is 110 Å². The number of methoxy groups -OCH3 is 1. The Kier molecular flexibility index (Phi) is 6.00. The van der Waals surface area contributed by atoms with Gasteiger partial charge in [0.2, 0.25) is 6.10 Å². The van der Waals surface area contributed by atoms with Crippen LogP contribution in [0.15, 0.2) is 30.3 Å². The van der Waals surface area contributed by atoms with Crippen molar-refractivity contribution in [2.75, 3.05) is 13.0 Å². The largest absolute Gasteiger partial charge is 0.509 e. The average molecular weight is 273 g/mol. The number of ether oxygens (including phenoxy) is 3. The summed E-state index contributed by atoms with van der Waals surface area (Å²) in [6.07, 6.45) is -2.12. The van der Waals surface area contributed by atoms with Crippen LogP contribution in [-0.2, 0) is 25.6 Å². The van der Waals surface area contributed by atoms with E-state index in [0.717, 1.165) is 5.56 Å². The molecule has 0 saturated heterocycles. The predicted molar refractivity (Wildman–Crippen MR) is 64.2 cm³/mol. The zero-order valence-electron chi connectivity index (χ0n) is 9.80. The number of hydrogen-bond donors (Lipinski definition) is 0. The van der Waals surface area contributed by atoms with Crippen LogP contribution in [0.25, 0.3) is 0 Å². The number of rotatable bonds is 5. The van der Waals surface area contributed by atoms with Crippen LogP contribution in [0, 0.1) is 0 Å². The number of carbonyl (C=O) groups excluding carboxylic acids is 2. The predicted octanol–water partition coefficient (Wildman–Crippen LogP) is 2.12. The molecule has 1 atom stereocenters. The van der Waals surface area contributed by atoms with Crippen LogP contribution in [-0.4, -0.2) is 31.2 Å². The van der Waals surface area contributed by atoms with Crippen LogP contribution in [0.2, 0.25) is 0 Å². The van der Waals surface area contributed by atoms with Crippen molar-refractivity contribution >= 4 is 23.7 Å². The molecule has 0 heterocycles. The second-order valence-electron chi connectivity index (χ2n) is 3.31. The SMILES string of the molecule is COC(=O)C(CCl)OC(=O)OCc1ccccc1. The molecule has 5 nitrogen and oxygen atoms in total. The fraction of sp³-hybridized carbons (Fsp3) is 0.333. The maximum Gasteiger partial charge on any atom is 0.509 e. The first-order valence-electron chi connectivity index (χ1n) is 5.18. The molecule has 0 aliphatic carbocycles. The molecular weight excluding hydrogens is 260 g/mol. The number of benzene rings is 1. The molecule has 0 N–H and O–H groups in total. The summed E-state index contributed by atoms with van der Waals surface area (Å²) < 4.78 is 13.9. The second kappa shape index (κ2) is 7.55. The van der Waals surface area contributed by atoms with Crippen LogP contribution < -0.4 is 0 Å². The fourth-order valence-corrected chi connectivity index (χ4v) is 1.33. The highest BCUT2D eigenvalue weighted by molar-refractivity contribution is 6.19. The first-order valence-corrected chi connectivity index (χ1v) is 5.72. The Morgan fingerprint density at radius 2 is 1.94 bits per heavy atom. The number of carbonyl (C=O) groups is 2. The first kappa shape index (κ1) is 14.3. The Morgan fingerprint density at radius 1 is 1.28 bits per heavy atom. The van der Waals surface area contributed by atoms with Crippen molar-refractivity contribution in [3.8, 4) is 0 Å². The average Bonchev–Trinajstić information content (AvgIpc) is 2.42. The topological polar surface area (TPSA) is 61.8 Å². The van der Waals surface area contributed by atoms with Crippen LogP contribution in [0.1, 0.15) is 5.56 Å². The van der Waals surface area contributed by atoms with Gasteiger partial charge in [-0.2, -0.15) is 0 Å². The molecule has 98 valence electrons. The van der Waals surface area contributed by atoms with Gasteiger partial charge in [0.05, 0.1) is 13.0 Å². The summed E-state index contributed by atoms with van der Waals surface area (Å²) in [7, 11) is 1.18. The summed E-state index contributed by atoms with van der Waals surface area (Å²) >= 11 is 5.47. The third-order valence-corrected chi connectivity index (χ3v) is 2.32. The van der Waals surface area contributed by atoms with Gasteiger partial charge in [-0.25, -0.2) is 9.59 Å². The molecule has 18 heavy (non-hydrogen) atoms. The van der Waals surface area contributed by atoms with E-state index in [9.17, 15) is 9.59 Å². The molecule has 0 saturated carbocycles. The van der Waals surface area contributed by atoms with E-state index in [4.69, 9.17) is 21.1 Å². The molecule has 1 rings (SSSR count). The summed E-state index contributed by atoms with van der Waals surface area (Å²) in [6, 6.07) is 9.09. The molecule has 0 fully saturated rings. The molecule has 0 bridgehead atoms. The lowest BCUT2D eigenvalue weighted by atomic mass is 10.2. The van der Waals surface area contributed by atoms with Crippen LogP contribution >= 0.6 is 11.6 Å². The van der Waals surface area contributed by atoms with Gasteiger partial charge in [-0.15, -0.1) is 11.6 Å². The molecular formula is C12H13ClO5. The molecule has 0 aliphatic heterocycles. The fourth-order valence-electron chi connectivity index (χ4n) is 1.14. The van der Waals surface area contributed by atoms with E-state index in [1.807, 2.05) is 18.2 Å². The molecule has 0 aromatic heterocycles. The molecule has 6 heteroatoms. The van der Waals surface area contributed by atoms with E-state index in [1.165, 1.54) is 7.11 Å². The summed E-state index contributed by atoms with van der Waals surface area (Å²) in [5.41, 5.74) is 0.815. The molecule has 0 aliphatic rings. The van der Waals surface area contributed by atoms with Crippen molar-refractivity contribution < 1.29 is 23.8 Å². The zero-order valence-corrected chi connectivity index (χ0v) is 10.6. The van der Waals surface area contributed by atoms with Crippen LogP contribution in [0.5, 0.6) is 0 Å². The van der Waals surface area contributed by atoms with E-state index in [1.54, 1.807) is 12.1 Å². The minimum atomic E-state index is -1.15. The van der Waals surface area contributed by atoms with Gasteiger partial charge in [-0.1, -0.05) is 30.3 Å². The van der Waals surface area contributed by atoms with Gasteiger partial charge >= 0.3 is 12.1 Å². The maximum absolute atomic E-state index is 11.3. The highest BCUT2D eigenvalue weighted by Crippen LogP contribution is 2.05. The normalized spacial score (nSPS) is 11.4. The smallest absolute Gasteiger partial charge is 0.466 e. The number of hydrogen-bond acceptors (Lipinski definition) is 5. The molecule has 0 spiro atoms. The van der Waals surface area contributed by atoms with Gasteiger partial charge in [0.1, 0.15) is 6.61 Å². The van der Waals surface area contributed by atoms with E-state index >= 15 is 0 Å². The van der Waals surface area contributed by atoms with Crippen molar-refractivity contribution in [1.29, 1.82) is 0 Å². The maximum atomic E-state index is 11.3. The minimum Gasteiger partial charge on any atom is -0.466 e. The number of alkyl halides is 1. The van der Waals surface area contributed by atoms with E-state index in [-0.39, 0.29) is 12.5 Å². The van der Waals surface area contributed by atoms with Gasteiger partial charge in [0, 0.05) is 0 Å². The van der Waals surface area contributed by atoms with E-state index in [2.05, 4.69) is 4.74 Å². The highest BCUT2D eigenvalue weighted by Gasteiger charge is 2.23. The quantitative estimate of drug-likeness (QED) is 0.607. The molecule has 0 amide bonds. The van der Waals surface area contributed by atoms with Gasteiger partial charge in [-0.05, 0) is 5.56 Å². The lowest BCUT2D eigenvalue weighted by molar-refractivity contribution is -0.150. The third-order valence-electron chi connectivity index (χ3n) is 2.04. The molecule has 1 aromatic carbocycles. The monoisotopic (exact) mass is 272 g/mol. The molecule has 1 unspecified atom stereocenters. The Bertz CT molecular complexity index is 393. The van der Waals surface area contributed by atoms with Crippen molar-refractivity contribution in [2.24, 2.45) is 0 Å². The number of halogens is 1. The highest BCUT2D eigenvalue weighted by atomic mass is 35.5. The Morgan fingerprint density at radius 3 is 2.50 bits per heavy atom. The van der Waals surface area contributed by atoms with Crippen LogP contribution in [0.3, 0.4) is 0 Å². The zero-order chi connectivity index (χ0) is 13.4. The number of esters is 1. The van der Waals surface area contributed by atoms with E-state index in [0.29, 0.717) is 0 Å². The van der Waals surface area contributed by atoms with Crippen LogP contribution in [0.4, 0.5) is 4.79 Å². The van der Waals surface area contributed by atoms with Gasteiger partial charge in [-0.3, -0.25) is 0 Å². The summed E-state index contributed by atoms with van der Waals surface area (Å²) in [4.78, 5) is 22.4. The summed E-state index contributed by atoms with van der Waals surface area (Å²) in [5.74, 6) is -0.908. The van der Waals surface area contributed by atoms with Crippen molar-refractivity contribution in [2.45, 2.75) is 12.7 Å². The van der Waals surface area contributed by atoms with Gasteiger partial charge < -0.3 is 14.2 Å². The van der Waals surface area contributed by atoms with Crippen molar-refractivity contribution in [1.82, 2.24) is 0 Å². The minimum absolute atomic E-state index is 0.0653. The first-order chi connectivity index (χ1) is 8.67. The standard InChI is InChI=1S/C12H13ClO5/c1-16-11(14)10(7-13)18-12(15)17-8-9-5-3-2-4-6-9/h2-6,10H,7-8H2,1H3.